The number of fused-ring (bicyclic) bond motifs is 19. The molecule has 0 fully saturated rings. The molecule has 0 saturated carbocycles. The monoisotopic (exact) mass is 671 g/mol. The third kappa shape index (κ3) is 3.67. The summed E-state index contributed by atoms with van der Waals surface area (Å²) in [5, 5.41) is 8.05. The van der Waals surface area contributed by atoms with Crippen molar-refractivity contribution in [1.29, 1.82) is 0 Å². The predicted octanol–water partition coefficient (Wildman–Crippen LogP) is 11.3. The molecule has 2 aliphatic heterocycles. The van der Waals surface area contributed by atoms with Gasteiger partial charge in [0.1, 0.15) is 0 Å². The van der Waals surface area contributed by atoms with E-state index in [-0.39, 0.29) is 6.04 Å². The maximum atomic E-state index is 4.75. The summed E-state index contributed by atoms with van der Waals surface area (Å²) in [7, 11) is 0. The second-order valence-electron chi connectivity index (χ2n) is 14.5. The molecule has 0 N–H and O–H groups in total. The normalized spacial score (nSPS) is 17.2. The highest BCUT2D eigenvalue weighted by Gasteiger charge is 2.43. The zero-order chi connectivity index (χ0) is 33.4. The maximum Gasteiger partial charge on any atom is 0.218 e. The predicted molar refractivity (Wildman–Crippen MR) is 212 cm³/mol. The van der Waals surface area contributed by atoms with Gasteiger partial charge in [-0.25, -0.2) is 0 Å². The molecule has 0 saturated heterocycles. The Morgan fingerprint density at radius 2 is 1.37 bits per heavy atom. The number of para-hydroxylation sites is 1. The van der Waals surface area contributed by atoms with E-state index in [2.05, 4.69) is 153 Å². The lowest BCUT2D eigenvalue weighted by Gasteiger charge is -2.31. The van der Waals surface area contributed by atoms with Crippen molar-refractivity contribution in [3.63, 3.8) is 0 Å². The summed E-state index contributed by atoms with van der Waals surface area (Å²) < 4.78 is 10.2. The quantitative estimate of drug-likeness (QED) is 0.142. The van der Waals surface area contributed by atoms with Gasteiger partial charge in [-0.05, 0) is 66.9 Å². The Hall–Kier alpha value is -5.84. The summed E-state index contributed by atoms with van der Waals surface area (Å²) >= 11 is 1.93. The molecule has 3 nitrogen and oxygen atoms in total. The zero-order valence-electron chi connectivity index (χ0n) is 28.0. The van der Waals surface area contributed by atoms with Crippen LogP contribution in [0.1, 0.15) is 35.9 Å². The number of hydrogen-bond acceptors (Lipinski definition) is 1. The Labute approximate surface area is 298 Å². The van der Waals surface area contributed by atoms with Crippen LogP contribution in [0.15, 0.2) is 146 Å². The summed E-state index contributed by atoms with van der Waals surface area (Å²) in [6.45, 7) is 4.75. The number of benzene rings is 5. The van der Waals surface area contributed by atoms with Crippen LogP contribution in [0.5, 0.6) is 0 Å². The molecule has 0 amide bonds. The molecule has 7 heterocycles. The van der Waals surface area contributed by atoms with Crippen LogP contribution in [0.25, 0.3) is 86.5 Å². The van der Waals surface area contributed by atoms with E-state index in [9.17, 15) is 0 Å². The van der Waals surface area contributed by atoms with Crippen molar-refractivity contribution in [2.45, 2.75) is 31.2 Å². The minimum atomic E-state index is 0.240. The molecule has 2 unspecified atom stereocenters. The topological polar surface area (TPSA) is 12.2 Å². The Balaban J connectivity index is 1.17. The first-order valence-corrected chi connectivity index (χ1v) is 18.9. The van der Waals surface area contributed by atoms with Gasteiger partial charge in [0.25, 0.3) is 0 Å². The third-order valence-electron chi connectivity index (χ3n) is 12.0. The average Bonchev–Trinajstić information content (AvgIpc) is 3.84. The van der Waals surface area contributed by atoms with Crippen molar-refractivity contribution in [3.05, 3.63) is 157 Å². The Bertz CT molecular complexity index is 3110. The Morgan fingerprint density at radius 1 is 0.627 bits per heavy atom. The minimum absolute atomic E-state index is 0.240. The molecule has 0 spiro atoms. The van der Waals surface area contributed by atoms with Crippen LogP contribution >= 0.6 is 11.3 Å². The van der Waals surface area contributed by atoms with Crippen LogP contribution in [0.2, 0.25) is 0 Å². The van der Waals surface area contributed by atoms with Crippen molar-refractivity contribution in [2.75, 3.05) is 0 Å². The number of aryl methyl sites for hydroxylation is 1. The zero-order valence-corrected chi connectivity index (χ0v) is 28.8. The van der Waals surface area contributed by atoms with E-state index in [0.29, 0.717) is 5.92 Å². The number of allylic oxidation sites excluding steroid dienone is 1. The van der Waals surface area contributed by atoms with E-state index in [0.717, 1.165) is 25.0 Å². The van der Waals surface area contributed by atoms with Gasteiger partial charge in [0, 0.05) is 72.8 Å². The van der Waals surface area contributed by atoms with Crippen LogP contribution < -0.4 is 9.13 Å². The van der Waals surface area contributed by atoms with Gasteiger partial charge in [-0.1, -0.05) is 66.7 Å². The van der Waals surface area contributed by atoms with Crippen molar-refractivity contribution < 1.29 is 9.13 Å². The van der Waals surface area contributed by atoms with Crippen molar-refractivity contribution in [3.8, 4) is 22.5 Å². The number of hydrogen-bond donors (Lipinski definition) is 0. The summed E-state index contributed by atoms with van der Waals surface area (Å²) in [4.78, 5) is 0. The number of aromatic nitrogens is 3. The fraction of sp³-hybridized carbons (Fsp3) is 0.106. The van der Waals surface area contributed by atoms with Crippen molar-refractivity contribution in [1.82, 2.24) is 4.40 Å². The highest BCUT2D eigenvalue weighted by Crippen LogP contribution is 2.49. The van der Waals surface area contributed by atoms with Gasteiger partial charge in [-0.3, -0.25) is 0 Å². The third-order valence-corrected chi connectivity index (χ3v) is 13.2. The Kier molecular flexibility index (Phi) is 5.54. The van der Waals surface area contributed by atoms with Crippen LogP contribution in [0.3, 0.4) is 0 Å². The van der Waals surface area contributed by atoms with Crippen LogP contribution in [0.4, 0.5) is 0 Å². The SMILES string of the molecule is C=C1CC2C(CCc3ccccc3-c3cccc[n+]31)c1cc3c(cc1-c1cccc[n+]12)c1cccc2c4ccc5c6ccccc6sc5c4n3c12. The van der Waals surface area contributed by atoms with E-state index in [4.69, 9.17) is 6.58 Å². The molecule has 5 aromatic heterocycles. The summed E-state index contributed by atoms with van der Waals surface area (Å²) in [6.07, 6.45) is 7.44. The number of nitrogens with zero attached hydrogens (tertiary/aromatic N) is 3. The number of thiophene rings is 1. The summed E-state index contributed by atoms with van der Waals surface area (Å²) in [5.41, 5.74) is 13.2. The fourth-order valence-electron chi connectivity index (χ4n) is 9.86. The first-order chi connectivity index (χ1) is 25.2. The smallest absolute Gasteiger partial charge is 0.218 e. The molecular weight excluding hydrogens is 639 g/mol. The highest BCUT2D eigenvalue weighted by atomic mass is 32.1. The lowest BCUT2D eigenvalue weighted by atomic mass is 9.77. The van der Waals surface area contributed by atoms with Crippen LogP contribution in [-0.2, 0) is 6.42 Å². The minimum Gasteiger partial charge on any atom is -0.307 e. The van der Waals surface area contributed by atoms with E-state index >= 15 is 0 Å². The molecule has 12 rings (SSSR count). The number of pyridine rings is 2. The molecule has 0 radical (unpaired) electrons. The molecule has 2 aliphatic rings. The average molecular weight is 672 g/mol. The molecule has 4 heteroatoms. The molecule has 10 aromatic rings. The lowest BCUT2D eigenvalue weighted by molar-refractivity contribution is -0.720. The van der Waals surface area contributed by atoms with Crippen molar-refractivity contribution >= 4 is 75.3 Å². The molecule has 0 bridgehead atoms. The second kappa shape index (κ2) is 10.1. The van der Waals surface area contributed by atoms with Gasteiger partial charge in [0.05, 0.1) is 33.2 Å². The molecule has 2 atom stereocenters. The fourth-order valence-corrected chi connectivity index (χ4v) is 11.1. The van der Waals surface area contributed by atoms with E-state index in [1.807, 2.05) is 11.3 Å². The van der Waals surface area contributed by atoms with Gasteiger partial charge < -0.3 is 4.40 Å². The standard InChI is InChI=1S/C47H33N3S/c1-28-25-42-31(20-19-29-11-2-3-12-30(29)40-16-6-8-23-48(28)40)37-27-43-38(26-39(37)41-17-7-9-24-49(41)42)34-15-10-14-33-35-21-22-36-32-13-4-5-18-44(32)51-47(36)46(35)50(43)45(33)34/h2-18,21-24,26-27,31,42H,1,19-20,25H2/q+2. The Morgan fingerprint density at radius 3 is 2.31 bits per heavy atom. The lowest BCUT2D eigenvalue weighted by Crippen LogP contribution is -2.49. The first kappa shape index (κ1) is 27.9. The number of rotatable bonds is 0. The first-order valence-electron chi connectivity index (χ1n) is 18.1. The molecule has 5 aromatic carbocycles. The van der Waals surface area contributed by atoms with Gasteiger partial charge >= 0.3 is 0 Å². The van der Waals surface area contributed by atoms with Gasteiger partial charge in [0.2, 0.25) is 11.4 Å². The van der Waals surface area contributed by atoms with Crippen molar-refractivity contribution in [2.24, 2.45) is 0 Å². The molecule has 0 aliphatic carbocycles. The van der Waals surface area contributed by atoms with Gasteiger partial charge in [0.15, 0.2) is 24.1 Å². The van der Waals surface area contributed by atoms with E-state index in [1.54, 1.807) is 0 Å². The highest BCUT2D eigenvalue weighted by molar-refractivity contribution is 7.26. The maximum absolute atomic E-state index is 4.75. The second-order valence-corrected chi connectivity index (χ2v) is 15.6. The van der Waals surface area contributed by atoms with Gasteiger partial charge in [-0.15, -0.1) is 11.3 Å². The summed E-state index contributed by atoms with van der Waals surface area (Å²) in [6, 6.07) is 48.1. The van der Waals surface area contributed by atoms with E-state index < -0.39 is 0 Å². The molecular formula is C47H33N3S+2. The molecule has 51 heavy (non-hydrogen) atoms. The van der Waals surface area contributed by atoms with Gasteiger partial charge in [-0.2, -0.15) is 9.13 Å². The molecule has 240 valence electrons. The van der Waals surface area contributed by atoms with Crippen LogP contribution in [-0.4, -0.2) is 4.40 Å². The van der Waals surface area contributed by atoms with Crippen LogP contribution in [0, 0.1) is 0 Å². The largest absolute Gasteiger partial charge is 0.307 e. The van der Waals surface area contributed by atoms with E-state index in [1.165, 1.54) is 91.9 Å². The summed E-state index contributed by atoms with van der Waals surface area (Å²) in [5.74, 6) is 0.311.